The molecule has 1 aromatic rings. The lowest BCUT2D eigenvalue weighted by atomic mass is 10.3. The SMILES string of the molecule is CCc1nc(NC(=O)C2CNCCO2)sc1C. The van der Waals surface area contributed by atoms with E-state index in [4.69, 9.17) is 4.74 Å². The van der Waals surface area contributed by atoms with Gasteiger partial charge >= 0.3 is 0 Å². The van der Waals surface area contributed by atoms with Gasteiger partial charge in [-0.2, -0.15) is 0 Å². The van der Waals surface area contributed by atoms with Crippen LogP contribution >= 0.6 is 11.3 Å². The second kappa shape index (κ2) is 5.57. The molecule has 5 nitrogen and oxygen atoms in total. The van der Waals surface area contributed by atoms with E-state index in [-0.39, 0.29) is 5.91 Å². The molecule has 0 aliphatic carbocycles. The van der Waals surface area contributed by atoms with Crippen molar-refractivity contribution in [3.63, 3.8) is 0 Å². The first kappa shape index (κ1) is 12.5. The molecule has 2 heterocycles. The molecular weight excluding hydrogens is 238 g/mol. The van der Waals surface area contributed by atoms with Crippen LogP contribution < -0.4 is 10.6 Å². The van der Waals surface area contributed by atoms with Gasteiger partial charge in [0, 0.05) is 18.0 Å². The molecule has 17 heavy (non-hydrogen) atoms. The number of carbonyl (C=O) groups is 1. The van der Waals surface area contributed by atoms with E-state index in [0.29, 0.717) is 18.3 Å². The number of aryl methyl sites for hydroxylation is 2. The smallest absolute Gasteiger partial charge is 0.256 e. The summed E-state index contributed by atoms with van der Waals surface area (Å²) in [4.78, 5) is 17.4. The van der Waals surface area contributed by atoms with Crippen molar-refractivity contribution in [2.45, 2.75) is 26.4 Å². The molecule has 0 aromatic carbocycles. The van der Waals surface area contributed by atoms with Gasteiger partial charge in [0.2, 0.25) is 0 Å². The predicted octanol–water partition coefficient (Wildman–Crippen LogP) is 0.941. The predicted molar refractivity (Wildman–Crippen MR) is 67.5 cm³/mol. The Labute approximate surface area is 105 Å². The summed E-state index contributed by atoms with van der Waals surface area (Å²) in [6.45, 7) is 6.03. The summed E-state index contributed by atoms with van der Waals surface area (Å²) in [5.74, 6) is -0.117. The fourth-order valence-electron chi connectivity index (χ4n) is 1.73. The molecule has 0 bridgehead atoms. The first-order valence-corrected chi connectivity index (χ1v) is 6.62. The van der Waals surface area contributed by atoms with E-state index in [1.807, 2.05) is 6.92 Å². The van der Waals surface area contributed by atoms with Crippen molar-refractivity contribution in [3.05, 3.63) is 10.6 Å². The Balaban J connectivity index is 1.97. The molecular formula is C11H17N3O2S. The van der Waals surface area contributed by atoms with E-state index in [0.717, 1.165) is 23.5 Å². The van der Waals surface area contributed by atoms with Crippen LogP contribution in [0.2, 0.25) is 0 Å². The summed E-state index contributed by atoms with van der Waals surface area (Å²) in [6, 6.07) is 0. The van der Waals surface area contributed by atoms with Crippen molar-refractivity contribution in [1.29, 1.82) is 0 Å². The number of rotatable bonds is 3. The Morgan fingerprint density at radius 1 is 1.71 bits per heavy atom. The monoisotopic (exact) mass is 255 g/mol. The molecule has 1 aliphatic heterocycles. The summed E-state index contributed by atoms with van der Waals surface area (Å²) in [6.07, 6.45) is 0.484. The van der Waals surface area contributed by atoms with Gasteiger partial charge < -0.3 is 10.1 Å². The third-order valence-corrected chi connectivity index (χ3v) is 3.61. The van der Waals surface area contributed by atoms with Crippen LogP contribution in [0.15, 0.2) is 0 Å². The van der Waals surface area contributed by atoms with Crippen molar-refractivity contribution in [2.75, 3.05) is 25.0 Å². The van der Waals surface area contributed by atoms with Crippen LogP contribution in [-0.4, -0.2) is 36.7 Å². The van der Waals surface area contributed by atoms with Gasteiger partial charge in [-0.3, -0.25) is 10.1 Å². The maximum atomic E-state index is 11.9. The van der Waals surface area contributed by atoms with E-state index in [2.05, 4.69) is 22.5 Å². The Kier molecular flexibility index (Phi) is 4.09. The number of anilines is 1. The van der Waals surface area contributed by atoms with Crippen molar-refractivity contribution in [2.24, 2.45) is 0 Å². The average Bonchev–Trinajstić information content (AvgIpc) is 2.70. The lowest BCUT2D eigenvalue weighted by molar-refractivity contribution is -0.128. The van der Waals surface area contributed by atoms with Crippen LogP contribution in [0.4, 0.5) is 5.13 Å². The quantitative estimate of drug-likeness (QED) is 0.844. The number of carbonyl (C=O) groups excluding carboxylic acids is 1. The molecule has 1 unspecified atom stereocenters. The van der Waals surface area contributed by atoms with E-state index in [9.17, 15) is 4.79 Å². The zero-order valence-electron chi connectivity index (χ0n) is 10.1. The minimum Gasteiger partial charge on any atom is -0.366 e. The number of thiazole rings is 1. The van der Waals surface area contributed by atoms with Gasteiger partial charge in [-0.1, -0.05) is 6.92 Å². The zero-order valence-corrected chi connectivity index (χ0v) is 10.9. The molecule has 1 saturated heterocycles. The highest BCUT2D eigenvalue weighted by molar-refractivity contribution is 7.15. The lowest BCUT2D eigenvalue weighted by Gasteiger charge is -2.22. The minimum absolute atomic E-state index is 0.117. The second-order valence-corrected chi connectivity index (χ2v) is 5.13. The van der Waals surface area contributed by atoms with E-state index in [1.54, 1.807) is 0 Å². The fraction of sp³-hybridized carbons (Fsp3) is 0.636. The van der Waals surface area contributed by atoms with Gasteiger partial charge in [-0.05, 0) is 13.3 Å². The molecule has 1 amide bonds. The summed E-state index contributed by atoms with van der Waals surface area (Å²) in [5.41, 5.74) is 1.05. The number of aromatic nitrogens is 1. The standard InChI is InChI=1S/C11H17N3O2S/c1-3-8-7(2)17-11(13-8)14-10(15)9-6-12-4-5-16-9/h9,12H,3-6H2,1-2H3,(H,13,14,15). The van der Waals surface area contributed by atoms with E-state index >= 15 is 0 Å². The molecule has 0 radical (unpaired) electrons. The van der Waals surface area contributed by atoms with Crippen molar-refractivity contribution >= 4 is 22.4 Å². The third kappa shape index (κ3) is 3.02. The number of nitrogens with zero attached hydrogens (tertiary/aromatic N) is 1. The van der Waals surface area contributed by atoms with Crippen LogP contribution in [0.5, 0.6) is 0 Å². The van der Waals surface area contributed by atoms with E-state index in [1.165, 1.54) is 11.3 Å². The molecule has 2 rings (SSSR count). The summed E-state index contributed by atoms with van der Waals surface area (Å²) < 4.78 is 5.38. The number of hydrogen-bond acceptors (Lipinski definition) is 5. The lowest BCUT2D eigenvalue weighted by Crippen LogP contribution is -2.45. The summed E-state index contributed by atoms with van der Waals surface area (Å²) in [7, 11) is 0. The first-order valence-electron chi connectivity index (χ1n) is 5.80. The molecule has 1 fully saturated rings. The third-order valence-electron chi connectivity index (χ3n) is 2.68. The number of nitrogens with one attached hydrogen (secondary N) is 2. The van der Waals surface area contributed by atoms with Crippen LogP contribution in [0.1, 0.15) is 17.5 Å². The van der Waals surface area contributed by atoms with Crippen molar-refractivity contribution in [1.82, 2.24) is 10.3 Å². The number of morpholine rings is 1. The van der Waals surface area contributed by atoms with E-state index < -0.39 is 6.10 Å². The average molecular weight is 255 g/mol. The summed E-state index contributed by atoms with van der Waals surface area (Å²) in [5, 5.41) is 6.60. The Morgan fingerprint density at radius 3 is 3.12 bits per heavy atom. The zero-order chi connectivity index (χ0) is 12.3. The largest absolute Gasteiger partial charge is 0.366 e. The highest BCUT2D eigenvalue weighted by atomic mass is 32.1. The highest BCUT2D eigenvalue weighted by Gasteiger charge is 2.22. The maximum Gasteiger partial charge on any atom is 0.256 e. The number of hydrogen-bond donors (Lipinski definition) is 2. The van der Waals surface area contributed by atoms with Crippen molar-refractivity contribution < 1.29 is 9.53 Å². The molecule has 2 N–H and O–H groups in total. The maximum absolute atomic E-state index is 11.9. The van der Waals surface area contributed by atoms with Gasteiger partial charge in [0.05, 0.1) is 12.3 Å². The number of ether oxygens (including phenoxy) is 1. The van der Waals surface area contributed by atoms with Crippen LogP contribution in [0, 0.1) is 6.92 Å². The molecule has 94 valence electrons. The molecule has 1 atom stereocenters. The highest BCUT2D eigenvalue weighted by Crippen LogP contribution is 2.22. The first-order chi connectivity index (χ1) is 8.20. The van der Waals surface area contributed by atoms with Gasteiger partial charge in [0.15, 0.2) is 5.13 Å². The Morgan fingerprint density at radius 2 is 2.53 bits per heavy atom. The molecule has 1 aliphatic rings. The van der Waals surface area contributed by atoms with Gasteiger partial charge in [-0.15, -0.1) is 11.3 Å². The minimum atomic E-state index is -0.405. The summed E-state index contributed by atoms with van der Waals surface area (Å²) >= 11 is 1.51. The molecule has 0 saturated carbocycles. The van der Waals surface area contributed by atoms with Gasteiger partial charge in [0.25, 0.3) is 5.91 Å². The second-order valence-electron chi connectivity index (χ2n) is 3.93. The van der Waals surface area contributed by atoms with Crippen molar-refractivity contribution in [3.8, 4) is 0 Å². The normalized spacial score (nSPS) is 20.2. The van der Waals surface area contributed by atoms with Crippen LogP contribution in [-0.2, 0) is 16.0 Å². The molecule has 0 spiro atoms. The Hall–Kier alpha value is -0.980. The Bertz CT molecular complexity index is 399. The van der Waals surface area contributed by atoms with Crippen LogP contribution in [0.3, 0.4) is 0 Å². The van der Waals surface area contributed by atoms with Gasteiger partial charge in [-0.25, -0.2) is 4.98 Å². The van der Waals surface area contributed by atoms with Crippen LogP contribution in [0.25, 0.3) is 0 Å². The topological polar surface area (TPSA) is 63.2 Å². The van der Waals surface area contributed by atoms with Gasteiger partial charge in [0.1, 0.15) is 6.10 Å². The number of amides is 1. The molecule has 6 heteroatoms. The fourth-order valence-corrected chi connectivity index (χ4v) is 2.63. The molecule has 1 aromatic heterocycles.